The Morgan fingerprint density at radius 1 is 0.463 bits per heavy atom. The average Bonchev–Trinajstić information content (AvgIpc) is 3.34. The van der Waals surface area contributed by atoms with E-state index in [2.05, 4.69) is 32.0 Å². The van der Waals surface area contributed by atoms with Gasteiger partial charge in [0, 0.05) is 0 Å². The number of carbonyl (C=O) groups excluding carboxylic acids is 5. The number of fused-ring (bicyclic) bond motifs is 4. The first kappa shape index (κ1) is 58.0. The molecule has 8 rings (SSSR count). The van der Waals surface area contributed by atoms with Crippen molar-refractivity contribution in [1.82, 2.24) is 0 Å². The molecule has 0 aromatic heterocycles. The van der Waals surface area contributed by atoms with E-state index >= 15 is 0 Å². The molecule has 0 saturated heterocycles. The fourth-order valence-corrected chi connectivity index (χ4v) is 6.65. The number of carbonyl (C=O) groups is 7. The lowest BCUT2D eigenvalue weighted by Gasteiger charge is -2.28. The topological polar surface area (TPSA) is 249 Å². The molecule has 4 heterocycles. The van der Waals surface area contributed by atoms with Gasteiger partial charge in [0.1, 0.15) is 35.0 Å². The van der Waals surface area contributed by atoms with Crippen LogP contribution >= 0.6 is 0 Å². The number of aliphatic carboxylic acids is 2. The summed E-state index contributed by atoms with van der Waals surface area (Å²) < 4.78 is 21.6. The van der Waals surface area contributed by atoms with Crippen LogP contribution in [0.15, 0.2) is 97.1 Å². The third-order valence-electron chi connectivity index (χ3n) is 10.3. The number of rotatable bonds is 4. The lowest BCUT2D eigenvalue weighted by atomic mass is 9.88. The second kappa shape index (κ2) is 28.8. The van der Waals surface area contributed by atoms with Crippen molar-refractivity contribution in [2.75, 3.05) is 0 Å². The van der Waals surface area contributed by atoms with Crippen molar-refractivity contribution in [1.29, 1.82) is 0 Å². The monoisotopic (exact) mass is 928 g/mol. The molecule has 4 aromatic rings. The molecule has 4 aliphatic rings. The molecule has 0 radical (unpaired) electrons. The van der Waals surface area contributed by atoms with Gasteiger partial charge < -0.3 is 40.6 Å². The number of hydrogen-bond donors (Lipinski definition) is 4. The molecule has 4 aromatic carbocycles. The normalized spacial score (nSPS) is 21.8. The van der Waals surface area contributed by atoms with Gasteiger partial charge in [-0.2, -0.15) is 0 Å². The standard InChI is InChI=1S/C11H10N2O4.C11H8O6.C11H12O2.C11H14O.4C2H6/c12-10(15)7-8(14)5-3-1-2-4-6(5)17-9(7)11(13)16;12-8-5-3-1-2-4-6(5)17-9(11(15)16)7(8)10(13)14;1-7-8(2)13-10-6-4-3-5-9(10)11(7)12;1-8-7-10-5-3-4-6-11(10)12-9(8)2;4*1-2/h1-4,7,9H,(H2,12,15)(H2,13,16);1-4,7,9H,(H,13,14)(H,15,16);3-8H,1-2H3;3-6,8-9H,7H2,1-2H3;4*1-2H3/t2*7-,9-;7-,8-;8-,9+;;;;/m0010..../s1. The Hall–Kier alpha value is -7.03. The number of Topliss-reactive ketones (excluding diaryl/α,β-unsaturated/α-hetero) is 3. The Kier molecular flexibility index (Phi) is 24.9. The molecule has 2 amide bonds. The second-order valence-corrected chi connectivity index (χ2v) is 14.3. The van der Waals surface area contributed by atoms with Gasteiger partial charge in [0.15, 0.2) is 29.4 Å². The summed E-state index contributed by atoms with van der Waals surface area (Å²) in [5.41, 5.74) is 12.6. The van der Waals surface area contributed by atoms with Gasteiger partial charge in [-0.25, -0.2) is 4.79 Å². The molecular weight excluding hydrogens is 861 g/mol. The summed E-state index contributed by atoms with van der Waals surface area (Å²) >= 11 is 0. The van der Waals surface area contributed by atoms with Gasteiger partial charge in [-0.05, 0) is 74.2 Å². The first-order valence-electron chi connectivity index (χ1n) is 22.7. The Morgan fingerprint density at radius 3 is 1.27 bits per heavy atom. The number of amides is 2. The molecule has 0 unspecified atom stereocenters. The fourth-order valence-electron chi connectivity index (χ4n) is 6.65. The molecule has 15 heteroatoms. The number of ether oxygens (including phenoxy) is 4. The number of carboxylic acids is 2. The predicted octanol–water partition coefficient (Wildman–Crippen LogP) is 8.67. The molecule has 67 heavy (non-hydrogen) atoms. The van der Waals surface area contributed by atoms with Crippen molar-refractivity contribution in [3.8, 4) is 23.0 Å². The second-order valence-electron chi connectivity index (χ2n) is 14.3. The van der Waals surface area contributed by atoms with Crippen LogP contribution in [0.25, 0.3) is 0 Å². The number of carboxylic acid groups (broad SMARTS) is 2. The van der Waals surface area contributed by atoms with Crippen molar-refractivity contribution in [2.24, 2.45) is 35.1 Å². The number of ketones is 3. The minimum absolute atomic E-state index is 0.0117. The van der Waals surface area contributed by atoms with Crippen LogP contribution in [0.4, 0.5) is 0 Å². The van der Waals surface area contributed by atoms with Gasteiger partial charge in [-0.3, -0.25) is 28.8 Å². The predicted molar refractivity (Wildman–Crippen MR) is 256 cm³/mol. The number of hydrogen-bond acceptors (Lipinski definition) is 11. The van der Waals surface area contributed by atoms with Crippen LogP contribution in [0.3, 0.4) is 0 Å². The molecule has 0 bridgehead atoms. The van der Waals surface area contributed by atoms with Crippen LogP contribution in [0.1, 0.15) is 120 Å². The lowest BCUT2D eigenvalue weighted by molar-refractivity contribution is -0.156. The quantitative estimate of drug-likeness (QED) is 0.140. The maximum atomic E-state index is 12.0. The van der Waals surface area contributed by atoms with Gasteiger partial charge in [-0.1, -0.05) is 124 Å². The molecule has 0 spiro atoms. The van der Waals surface area contributed by atoms with E-state index in [1.54, 1.807) is 24.3 Å². The number of nitrogens with two attached hydrogens (primary N) is 2. The average molecular weight is 929 g/mol. The molecule has 15 nitrogen and oxygen atoms in total. The van der Waals surface area contributed by atoms with Crippen molar-refractivity contribution >= 4 is 41.1 Å². The van der Waals surface area contributed by atoms with Crippen LogP contribution in [-0.2, 0) is 25.6 Å². The Bertz CT molecular complexity index is 2150. The van der Waals surface area contributed by atoms with Crippen LogP contribution in [0.2, 0.25) is 0 Å². The highest BCUT2D eigenvalue weighted by Crippen LogP contribution is 2.33. The van der Waals surface area contributed by atoms with Crippen molar-refractivity contribution in [3.05, 3.63) is 119 Å². The lowest BCUT2D eigenvalue weighted by Crippen LogP contribution is -2.51. The van der Waals surface area contributed by atoms with E-state index in [4.69, 9.17) is 40.6 Å². The maximum absolute atomic E-state index is 12.0. The molecule has 0 aliphatic carbocycles. The van der Waals surface area contributed by atoms with Gasteiger partial charge in [0.2, 0.25) is 12.0 Å². The highest BCUT2D eigenvalue weighted by Gasteiger charge is 2.46. The van der Waals surface area contributed by atoms with Crippen LogP contribution in [0, 0.1) is 23.7 Å². The minimum Gasteiger partial charge on any atom is -0.490 e. The summed E-state index contributed by atoms with van der Waals surface area (Å²) in [4.78, 5) is 79.8. The largest absolute Gasteiger partial charge is 0.490 e. The minimum atomic E-state index is -1.71. The molecule has 364 valence electrons. The third-order valence-corrected chi connectivity index (χ3v) is 10.3. The van der Waals surface area contributed by atoms with Crippen molar-refractivity contribution in [3.63, 3.8) is 0 Å². The number of benzene rings is 4. The summed E-state index contributed by atoms with van der Waals surface area (Å²) in [5, 5.41) is 17.7. The number of para-hydroxylation sites is 4. The molecule has 4 aliphatic heterocycles. The highest BCUT2D eigenvalue weighted by atomic mass is 16.5. The Morgan fingerprint density at radius 2 is 0.836 bits per heavy atom. The summed E-state index contributed by atoms with van der Waals surface area (Å²) in [6, 6.07) is 28.0. The summed E-state index contributed by atoms with van der Waals surface area (Å²) in [6.45, 7) is 24.2. The first-order chi connectivity index (χ1) is 32.0. The smallest absolute Gasteiger partial charge is 0.346 e. The van der Waals surface area contributed by atoms with Gasteiger partial charge in [-0.15, -0.1) is 0 Å². The molecule has 6 N–H and O–H groups in total. The van der Waals surface area contributed by atoms with Gasteiger partial charge >= 0.3 is 11.9 Å². The van der Waals surface area contributed by atoms with Crippen LogP contribution < -0.4 is 30.4 Å². The summed E-state index contributed by atoms with van der Waals surface area (Å²) in [5.74, 6) is -6.21. The van der Waals surface area contributed by atoms with E-state index in [9.17, 15) is 33.6 Å². The first-order valence-corrected chi connectivity index (χ1v) is 22.7. The van der Waals surface area contributed by atoms with E-state index < -0.39 is 59.4 Å². The summed E-state index contributed by atoms with van der Waals surface area (Å²) in [7, 11) is 0. The third kappa shape index (κ3) is 15.0. The molecular formula is C52H68N2O13. The zero-order chi connectivity index (χ0) is 51.1. The van der Waals surface area contributed by atoms with Crippen molar-refractivity contribution in [2.45, 2.75) is 114 Å². The van der Waals surface area contributed by atoms with Crippen LogP contribution in [0.5, 0.6) is 23.0 Å². The number of primary amides is 2. The highest BCUT2D eigenvalue weighted by molar-refractivity contribution is 6.15. The van der Waals surface area contributed by atoms with Gasteiger partial charge in [0.25, 0.3) is 5.91 Å². The Balaban J connectivity index is 0.000000428. The molecule has 0 saturated carbocycles. The van der Waals surface area contributed by atoms with Crippen molar-refractivity contribution < 1.29 is 62.7 Å². The van der Waals surface area contributed by atoms with E-state index in [0.717, 1.165) is 17.9 Å². The van der Waals surface area contributed by atoms with E-state index in [0.29, 0.717) is 17.6 Å². The van der Waals surface area contributed by atoms with Gasteiger partial charge in [0.05, 0.1) is 28.7 Å². The fraction of sp³-hybridized carbons (Fsp3) is 0.404. The van der Waals surface area contributed by atoms with E-state index in [1.165, 1.54) is 29.8 Å². The molecule has 8 atom stereocenters. The Labute approximate surface area is 394 Å². The summed E-state index contributed by atoms with van der Waals surface area (Å²) in [6.07, 6.45) is -1.52. The zero-order valence-electron chi connectivity index (χ0n) is 40.6. The van der Waals surface area contributed by atoms with E-state index in [1.807, 2.05) is 99.6 Å². The SMILES string of the molecule is CC.CC.CC.CC.C[C@H]1Cc2ccccc2O[C@@H]1C.C[C@H]1Oc2ccccc2C(=O)[C@@H]1C.NC(=O)[C@H]1C(=O)c2ccccc2O[C@@H]1C(N)=O.O=C(O)[C@H]1C(=O)c2ccccc2O[C@@H]1C(=O)O. The van der Waals surface area contributed by atoms with E-state index in [-0.39, 0.29) is 40.4 Å². The molecule has 0 fully saturated rings. The maximum Gasteiger partial charge on any atom is 0.346 e. The zero-order valence-corrected chi connectivity index (χ0v) is 40.6. The van der Waals surface area contributed by atoms with Crippen LogP contribution in [-0.4, -0.2) is 75.7 Å².